The van der Waals surface area contributed by atoms with Crippen molar-refractivity contribution < 1.29 is 24.5 Å². The van der Waals surface area contributed by atoms with Crippen molar-refractivity contribution in [3.05, 3.63) is 36.5 Å². The number of hydrogen-bond acceptors (Lipinski definition) is 5. The van der Waals surface area contributed by atoms with Crippen LogP contribution in [0.25, 0.3) is 0 Å². The molecule has 0 saturated carbocycles. The molecule has 0 spiro atoms. The SMILES string of the molecule is CCCCCCC/C=C\CCCCCCCC(=O)OCCCCCCCCCCCCCCCCC/C=C\C/C=C\CCCCCCCCCCCCCCCCCCCC(=O)NC(CO)C(O)CCCCCCCCCCCCCCCCCC. The van der Waals surface area contributed by atoms with E-state index in [4.69, 9.17) is 4.74 Å². The number of allylic oxidation sites excluding steroid dienone is 6. The first-order valence-electron chi connectivity index (χ1n) is 39.2. The molecule has 0 fully saturated rings. The van der Waals surface area contributed by atoms with E-state index >= 15 is 0 Å². The van der Waals surface area contributed by atoms with Gasteiger partial charge in [-0.15, -0.1) is 0 Å². The summed E-state index contributed by atoms with van der Waals surface area (Å²) in [5, 5.41) is 23.4. The van der Waals surface area contributed by atoms with Crippen LogP contribution in [-0.2, 0) is 14.3 Å². The number of aliphatic hydroxyl groups excluding tert-OH is 2. The van der Waals surface area contributed by atoms with Crippen LogP contribution in [0.5, 0.6) is 0 Å². The summed E-state index contributed by atoms with van der Waals surface area (Å²) in [5.74, 6) is -0.0161. The van der Waals surface area contributed by atoms with Crippen LogP contribution in [0.3, 0.4) is 0 Å². The van der Waals surface area contributed by atoms with E-state index in [0.29, 0.717) is 25.9 Å². The van der Waals surface area contributed by atoms with Crippen LogP contribution in [0.15, 0.2) is 36.5 Å². The molecule has 0 radical (unpaired) electrons. The Labute approximate surface area is 538 Å². The maximum absolute atomic E-state index is 12.5. The van der Waals surface area contributed by atoms with E-state index in [1.807, 2.05) is 0 Å². The zero-order chi connectivity index (χ0) is 62.0. The molecule has 0 heterocycles. The second-order valence-electron chi connectivity index (χ2n) is 27.0. The fourth-order valence-electron chi connectivity index (χ4n) is 12.4. The smallest absolute Gasteiger partial charge is 0.305 e. The minimum atomic E-state index is -0.662. The number of ether oxygens (including phenoxy) is 1. The molecule has 508 valence electrons. The fourth-order valence-corrected chi connectivity index (χ4v) is 12.4. The predicted molar refractivity (Wildman–Crippen MR) is 379 cm³/mol. The molecule has 0 aromatic heterocycles. The molecule has 6 heteroatoms. The number of unbranched alkanes of at least 4 members (excludes halogenated alkanes) is 57. The third kappa shape index (κ3) is 71.2. The number of amides is 1. The summed E-state index contributed by atoms with van der Waals surface area (Å²) >= 11 is 0. The van der Waals surface area contributed by atoms with Crippen molar-refractivity contribution in [1.29, 1.82) is 0 Å². The van der Waals surface area contributed by atoms with Gasteiger partial charge in [-0.1, -0.05) is 378 Å². The average molecular weight is 1210 g/mol. The third-order valence-corrected chi connectivity index (χ3v) is 18.4. The summed E-state index contributed by atoms with van der Waals surface area (Å²) in [7, 11) is 0. The van der Waals surface area contributed by atoms with Crippen LogP contribution >= 0.6 is 0 Å². The highest BCUT2D eigenvalue weighted by molar-refractivity contribution is 5.76. The zero-order valence-corrected chi connectivity index (χ0v) is 58.3. The molecular weight excluding hydrogens is 1050 g/mol. The monoisotopic (exact) mass is 1210 g/mol. The Morgan fingerprint density at radius 2 is 0.581 bits per heavy atom. The molecule has 0 saturated heterocycles. The molecule has 0 aromatic carbocycles. The normalized spacial score (nSPS) is 12.7. The molecule has 86 heavy (non-hydrogen) atoms. The van der Waals surface area contributed by atoms with Crippen molar-refractivity contribution in [2.24, 2.45) is 0 Å². The van der Waals surface area contributed by atoms with Gasteiger partial charge in [-0.3, -0.25) is 9.59 Å². The van der Waals surface area contributed by atoms with Crippen LogP contribution in [0.2, 0.25) is 0 Å². The van der Waals surface area contributed by atoms with E-state index in [0.717, 1.165) is 51.4 Å². The second-order valence-corrected chi connectivity index (χ2v) is 27.0. The molecule has 0 aliphatic carbocycles. The van der Waals surface area contributed by atoms with Gasteiger partial charge in [-0.25, -0.2) is 0 Å². The lowest BCUT2D eigenvalue weighted by Gasteiger charge is -2.22. The van der Waals surface area contributed by atoms with Gasteiger partial charge in [0.05, 0.1) is 25.4 Å². The highest BCUT2D eigenvalue weighted by Crippen LogP contribution is 2.19. The topological polar surface area (TPSA) is 95.9 Å². The number of carbonyl (C=O) groups is 2. The Hall–Kier alpha value is -1.92. The predicted octanol–water partition coefficient (Wildman–Crippen LogP) is 25.8. The number of hydrogen-bond donors (Lipinski definition) is 3. The summed E-state index contributed by atoms with van der Waals surface area (Å²) in [6.07, 6.45) is 98.1. The van der Waals surface area contributed by atoms with E-state index in [-0.39, 0.29) is 18.5 Å². The van der Waals surface area contributed by atoms with Gasteiger partial charge in [0.15, 0.2) is 0 Å². The van der Waals surface area contributed by atoms with Crippen LogP contribution in [0.1, 0.15) is 438 Å². The standard InChI is InChI=1S/C80H153NO5/c1-3-5-7-9-11-13-15-17-19-45-48-52-56-60-64-68-72-78(83)77(76-82)81-79(84)73-69-65-61-57-53-49-46-43-41-39-37-35-33-31-29-27-25-23-21-20-22-24-26-28-30-32-34-36-38-40-42-44-47-51-55-59-63-67-71-75-86-80(85)74-70-66-62-58-54-50-18-16-14-12-10-8-6-4-2/h16,18,20-21,24,26,77-78,82-83H,3-15,17,19,22-23,25,27-76H2,1-2H3,(H,81,84)/b18-16-,21-20-,26-24-. The number of aliphatic hydroxyl groups is 2. The van der Waals surface area contributed by atoms with E-state index in [1.165, 1.54) is 353 Å². The van der Waals surface area contributed by atoms with Crippen LogP contribution < -0.4 is 5.32 Å². The van der Waals surface area contributed by atoms with Crippen LogP contribution in [0.4, 0.5) is 0 Å². The van der Waals surface area contributed by atoms with Gasteiger partial charge in [0.25, 0.3) is 0 Å². The molecule has 3 N–H and O–H groups in total. The molecule has 6 nitrogen and oxygen atoms in total. The van der Waals surface area contributed by atoms with E-state index in [1.54, 1.807) is 0 Å². The van der Waals surface area contributed by atoms with Gasteiger partial charge in [0, 0.05) is 12.8 Å². The summed E-state index contributed by atoms with van der Waals surface area (Å²) < 4.78 is 5.49. The molecule has 0 bridgehead atoms. The van der Waals surface area contributed by atoms with Crippen molar-refractivity contribution >= 4 is 11.9 Å². The quantitative estimate of drug-likeness (QED) is 0.0320. The molecular formula is C80H153NO5. The lowest BCUT2D eigenvalue weighted by atomic mass is 10.0. The Morgan fingerprint density at radius 3 is 0.895 bits per heavy atom. The van der Waals surface area contributed by atoms with Crippen LogP contribution in [-0.4, -0.2) is 47.4 Å². The lowest BCUT2D eigenvalue weighted by molar-refractivity contribution is -0.143. The number of nitrogens with one attached hydrogen (secondary N) is 1. The van der Waals surface area contributed by atoms with E-state index in [2.05, 4.69) is 55.6 Å². The Kier molecular flexibility index (Phi) is 73.9. The fraction of sp³-hybridized carbons (Fsp3) is 0.900. The van der Waals surface area contributed by atoms with Crippen molar-refractivity contribution in [3.63, 3.8) is 0 Å². The largest absolute Gasteiger partial charge is 0.466 e. The summed E-state index contributed by atoms with van der Waals surface area (Å²) in [4.78, 5) is 24.6. The highest BCUT2D eigenvalue weighted by Gasteiger charge is 2.20. The van der Waals surface area contributed by atoms with Crippen molar-refractivity contribution in [2.75, 3.05) is 13.2 Å². The van der Waals surface area contributed by atoms with Gasteiger partial charge < -0.3 is 20.3 Å². The summed E-state index contributed by atoms with van der Waals surface area (Å²) in [6, 6.07) is -0.539. The third-order valence-electron chi connectivity index (χ3n) is 18.4. The summed E-state index contributed by atoms with van der Waals surface area (Å²) in [5.41, 5.74) is 0. The lowest BCUT2D eigenvalue weighted by Crippen LogP contribution is -2.45. The van der Waals surface area contributed by atoms with E-state index < -0.39 is 12.1 Å². The van der Waals surface area contributed by atoms with Gasteiger partial charge in [0.1, 0.15) is 0 Å². The van der Waals surface area contributed by atoms with Gasteiger partial charge in [0.2, 0.25) is 5.91 Å². The molecule has 0 aliphatic rings. The first kappa shape index (κ1) is 84.1. The minimum Gasteiger partial charge on any atom is -0.466 e. The molecule has 1 amide bonds. The Balaban J connectivity index is 3.35. The average Bonchev–Trinajstić information content (AvgIpc) is 3.60. The number of esters is 1. The highest BCUT2D eigenvalue weighted by atomic mass is 16.5. The van der Waals surface area contributed by atoms with Crippen molar-refractivity contribution in [3.8, 4) is 0 Å². The second kappa shape index (κ2) is 75.5. The van der Waals surface area contributed by atoms with Gasteiger partial charge in [-0.2, -0.15) is 0 Å². The maximum Gasteiger partial charge on any atom is 0.305 e. The van der Waals surface area contributed by atoms with Crippen molar-refractivity contribution in [1.82, 2.24) is 5.32 Å². The number of rotatable bonds is 74. The van der Waals surface area contributed by atoms with Gasteiger partial charge in [-0.05, 0) is 83.5 Å². The minimum absolute atomic E-state index is 0.0123. The first-order valence-corrected chi connectivity index (χ1v) is 39.2. The van der Waals surface area contributed by atoms with E-state index in [9.17, 15) is 19.8 Å². The summed E-state index contributed by atoms with van der Waals surface area (Å²) in [6.45, 7) is 4.98. The van der Waals surface area contributed by atoms with Crippen LogP contribution in [0, 0.1) is 0 Å². The molecule has 2 unspecified atom stereocenters. The molecule has 0 rings (SSSR count). The molecule has 2 atom stereocenters. The zero-order valence-electron chi connectivity index (χ0n) is 58.3. The number of carbonyl (C=O) groups excluding carboxylic acids is 2. The Bertz CT molecular complexity index is 1390. The molecule has 0 aromatic rings. The Morgan fingerprint density at radius 1 is 0.326 bits per heavy atom. The maximum atomic E-state index is 12.5. The first-order chi connectivity index (χ1) is 42.5. The van der Waals surface area contributed by atoms with Gasteiger partial charge >= 0.3 is 5.97 Å². The van der Waals surface area contributed by atoms with Crippen molar-refractivity contribution in [2.45, 2.75) is 450 Å². The molecule has 0 aliphatic heterocycles.